The summed E-state index contributed by atoms with van der Waals surface area (Å²) < 4.78 is 41.9. The molecule has 4 heteroatoms. The average Bonchev–Trinajstić information content (AvgIpc) is 2.15. The molecule has 1 unspecified atom stereocenters. The summed E-state index contributed by atoms with van der Waals surface area (Å²) in [5, 5.41) is 0. The molecule has 0 aliphatic rings. The highest BCUT2D eigenvalue weighted by atomic mass is 19.4. The molecular formula is C11H21F3O. The molecule has 0 spiro atoms. The Balaban J connectivity index is 3.48. The number of hydrogen-bond donors (Lipinski definition) is 0. The minimum atomic E-state index is -4.11. The Morgan fingerprint density at radius 3 is 2.20 bits per heavy atom. The molecule has 0 saturated carbocycles. The second-order valence-corrected chi connectivity index (χ2v) is 3.78. The summed E-state index contributed by atoms with van der Waals surface area (Å²) in [5.41, 5.74) is 0. The van der Waals surface area contributed by atoms with Crippen molar-refractivity contribution in [3.8, 4) is 0 Å². The molecule has 0 aromatic heterocycles. The molecule has 0 aromatic rings. The Morgan fingerprint density at radius 2 is 1.73 bits per heavy atom. The standard InChI is InChI=1S/C11H21F3O/c1-3-5-6-7-8-15-9-10(4-2)11(12,13)14/h10H,3-9H2,1-2H3. The molecule has 0 aliphatic carbocycles. The summed E-state index contributed by atoms with van der Waals surface area (Å²) in [5.74, 6) is -1.30. The second kappa shape index (κ2) is 7.97. The molecule has 15 heavy (non-hydrogen) atoms. The predicted octanol–water partition coefficient (Wildman–Crippen LogP) is 4.17. The molecule has 0 aliphatic heterocycles. The molecule has 0 aromatic carbocycles. The largest absolute Gasteiger partial charge is 0.394 e. The van der Waals surface area contributed by atoms with Crippen LogP contribution < -0.4 is 0 Å². The van der Waals surface area contributed by atoms with Crippen molar-refractivity contribution in [3.63, 3.8) is 0 Å². The average molecular weight is 226 g/mol. The van der Waals surface area contributed by atoms with Crippen LogP contribution in [0.1, 0.15) is 46.0 Å². The third kappa shape index (κ3) is 7.65. The first-order valence-electron chi connectivity index (χ1n) is 5.66. The van der Waals surface area contributed by atoms with Crippen LogP contribution in [0.25, 0.3) is 0 Å². The van der Waals surface area contributed by atoms with Gasteiger partial charge in [0.25, 0.3) is 0 Å². The number of hydrogen-bond acceptors (Lipinski definition) is 1. The summed E-state index contributed by atoms with van der Waals surface area (Å²) in [6.45, 7) is 3.90. The minimum Gasteiger partial charge on any atom is -0.381 e. The summed E-state index contributed by atoms with van der Waals surface area (Å²) in [6.07, 6.45) is 0.137. The van der Waals surface area contributed by atoms with Crippen LogP contribution in [-0.4, -0.2) is 19.4 Å². The van der Waals surface area contributed by atoms with Gasteiger partial charge in [-0.15, -0.1) is 0 Å². The summed E-state index contributed by atoms with van der Waals surface area (Å²) in [7, 11) is 0. The van der Waals surface area contributed by atoms with E-state index in [4.69, 9.17) is 4.74 Å². The van der Waals surface area contributed by atoms with Crippen LogP contribution in [0.3, 0.4) is 0 Å². The molecule has 92 valence electrons. The molecule has 0 heterocycles. The van der Waals surface area contributed by atoms with E-state index in [2.05, 4.69) is 6.92 Å². The second-order valence-electron chi connectivity index (χ2n) is 3.78. The molecule has 0 radical (unpaired) electrons. The van der Waals surface area contributed by atoms with Gasteiger partial charge in [0, 0.05) is 6.61 Å². The van der Waals surface area contributed by atoms with E-state index < -0.39 is 12.1 Å². The van der Waals surface area contributed by atoms with Crippen LogP contribution in [0.15, 0.2) is 0 Å². The van der Waals surface area contributed by atoms with Gasteiger partial charge in [-0.3, -0.25) is 0 Å². The lowest BCUT2D eigenvalue weighted by atomic mass is 10.1. The highest BCUT2D eigenvalue weighted by Gasteiger charge is 2.38. The van der Waals surface area contributed by atoms with Crippen LogP contribution in [0.2, 0.25) is 0 Å². The SMILES string of the molecule is CCCCCCOCC(CC)C(F)(F)F. The van der Waals surface area contributed by atoms with Gasteiger partial charge in [0.05, 0.1) is 12.5 Å². The third-order valence-electron chi connectivity index (χ3n) is 2.42. The van der Waals surface area contributed by atoms with Crippen molar-refractivity contribution in [2.24, 2.45) is 5.92 Å². The Morgan fingerprint density at radius 1 is 1.07 bits per heavy atom. The van der Waals surface area contributed by atoms with Gasteiger partial charge in [-0.2, -0.15) is 13.2 Å². The molecular weight excluding hydrogens is 205 g/mol. The van der Waals surface area contributed by atoms with Gasteiger partial charge >= 0.3 is 6.18 Å². The molecule has 0 fully saturated rings. The maximum atomic E-state index is 12.3. The number of rotatable bonds is 8. The summed E-state index contributed by atoms with van der Waals surface area (Å²) >= 11 is 0. The Hall–Kier alpha value is -0.250. The smallest absolute Gasteiger partial charge is 0.381 e. The summed E-state index contributed by atoms with van der Waals surface area (Å²) in [6, 6.07) is 0. The Kier molecular flexibility index (Phi) is 7.83. The first-order valence-corrected chi connectivity index (χ1v) is 5.66. The lowest BCUT2D eigenvalue weighted by Crippen LogP contribution is -2.27. The highest BCUT2D eigenvalue weighted by molar-refractivity contribution is 4.64. The van der Waals surface area contributed by atoms with Gasteiger partial charge in [-0.1, -0.05) is 33.1 Å². The maximum absolute atomic E-state index is 12.3. The van der Waals surface area contributed by atoms with Gasteiger partial charge in [0.15, 0.2) is 0 Å². The third-order valence-corrected chi connectivity index (χ3v) is 2.42. The van der Waals surface area contributed by atoms with Crippen molar-refractivity contribution < 1.29 is 17.9 Å². The van der Waals surface area contributed by atoms with E-state index in [-0.39, 0.29) is 13.0 Å². The molecule has 1 nitrogen and oxygen atoms in total. The van der Waals surface area contributed by atoms with Crippen LogP contribution in [0.5, 0.6) is 0 Å². The number of unbranched alkanes of at least 4 members (excludes halogenated alkanes) is 3. The van der Waals surface area contributed by atoms with Crippen LogP contribution in [0, 0.1) is 5.92 Å². The van der Waals surface area contributed by atoms with E-state index in [1.807, 2.05) is 0 Å². The number of alkyl halides is 3. The van der Waals surface area contributed by atoms with Crippen LogP contribution in [-0.2, 0) is 4.74 Å². The van der Waals surface area contributed by atoms with E-state index in [9.17, 15) is 13.2 Å². The van der Waals surface area contributed by atoms with E-state index in [0.717, 1.165) is 25.7 Å². The highest BCUT2D eigenvalue weighted by Crippen LogP contribution is 2.28. The monoisotopic (exact) mass is 226 g/mol. The lowest BCUT2D eigenvalue weighted by Gasteiger charge is -2.18. The molecule has 0 amide bonds. The molecule has 0 saturated heterocycles. The molecule has 0 N–H and O–H groups in total. The summed E-state index contributed by atoms with van der Waals surface area (Å²) in [4.78, 5) is 0. The van der Waals surface area contributed by atoms with Crippen molar-refractivity contribution in [1.82, 2.24) is 0 Å². The lowest BCUT2D eigenvalue weighted by molar-refractivity contribution is -0.189. The van der Waals surface area contributed by atoms with Crippen molar-refractivity contribution in [1.29, 1.82) is 0 Å². The van der Waals surface area contributed by atoms with Gasteiger partial charge < -0.3 is 4.74 Å². The quantitative estimate of drug-likeness (QED) is 0.564. The van der Waals surface area contributed by atoms with E-state index in [1.54, 1.807) is 6.92 Å². The minimum absolute atomic E-state index is 0.0957. The van der Waals surface area contributed by atoms with Crippen LogP contribution >= 0.6 is 0 Å². The van der Waals surface area contributed by atoms with Gasteiger partial charge in [0.1, 0.15) is 0 Å². The predicted molar refractivity (Wildman–Crippen MR) is 54.8 cm³/mol. The van der Waals surface area contributed by atoms with E-state index in [0.29, 0.717) is 6.61 Å². The molecule has 1 atom stereocenters. The van der Waals surface area contributed by atoms with E-state index in [1.165, 1.54) is 0 Å². The van der Waals surface area contributed by atoms with Crippen molar-refractivity contribution >= 4 is 0 Å². The topological polar surface area (TPSA) is 9.23 Å². The Labute approximate surface area is 90.0 Å². The Bertz CT molecular complexity index is 145. The van der Waals surface area contributed by atoms with Crippen molar-refractivity contribution in [2.75, 3.05) is 13.2 Å². The van der Waals surface area contributed by atoms with Crippen molar-refractivity contribution in [3.05, 3.63) is 0 Å². The van der Waals surface area contributed by atoms with Gasteiger partial charge in [-0.05, 0) is 12.8 Å². The van der Waals surface area contributed by atoms with Crippen molar-refractivity contribution in [2.45, 2.75) is 52.1 Å². The first-order chi connectivity index (χ1) is 7.02. The number of halogens is 3. The molecule has 0 rings (SSSR count). The zero-order valence-electron chi connectivity index (χ0n) is 9.57. The van der Waals surface area contributed by atoms with Gasteiger partial charge in [0.2, 0.25) is 0 Å². The fourth-order valence-electron chi connectivity index (χ4n) is 1.30. The van der Waals surface area contributed by atoms with Gasteiger partial charge in [-0.25, -0.2) is 0 Å². The fraction of sp³-hybridized carbons (Fsp3) is 1.00. The zero-order chi connectivity index (χ0) is 11.7. The fourth-order valence-corrected chi connectivity index (χ4v) is 1.30. The zero-order valence-corrected chi connectivity index (χ0v) is 9.57. The normalized spacial score (nSPS) is 14.2. The number of ether oxygens (including phenoxy) is 1. The van der Waals surface area contributed by atoms with Crippen LogP contribution in [0.4, 0.5) is 13.2 Å². The molecule has 0 bridgehead atoms. The maximum Gasteiger partial charge on any atom is 0.394 e. The first kappa shape index (κ1) is 14.8. The van der Waals surface area contributed by atoms with E-state index >= 15 is 0 Å².